The maximum Gasteiger partial charge on any atom is 0.472 e. The van der Waals surface area contributed by atoms with Gasteiger partial charge in [0.1, 0.15) is 19.3 Å². The van der Waals surface area contributed by atoms with Crippen LogP contribution in [0.5, 0.6) is 0 Å². The number of hydrogen-bond acceptors (Lipinski definition) is 6. The van der Waals surface area contributed by atoms with Crippen molar-refractivity contribution in [2.24, 2.45) is 0 Å². The number of rotatable bonds is 70. The van der Waals surface area contributed by atoms with Crippen molar-refractivity contribution < 1.29 is 37.3 Å². The zero-order chi connectivity index (χ0) is 64.9. The SMILES string of the molecule is CCCCC/C=C\C/C=C\C/C=C\C/C=C\CCCCCCCCCCCC(=O)OC(/C=C/CCCCCCCCCCC)C(COP(=O)(O)OCC[N+](C)(C)C)NC(=O)CCCCCCCCCCCCCCCCCCC/C=C/CCCCCCCC. The molecular formula is C79H148N2O7P+. The average molecular weight is 1270 g/mol. The molecule has 0 radical (unpaired) electrons. The fraction of sp³-hybridized carbons (Fsp3) is 0.823. The van der Waals surface area contributed by atoms with Gasteiger partial charge in [0.15, 0.2) is 0 Å². The lowest BCUT2D eigenvalue weighted by Crippen LogP contribution is -2.47. The molecule has 3 atom stereocenters. The Balaban J connectivity index is 4.93. The molecule has 0 rings (SSSR count). The van der Waals surface area contributed by atoms with Gasteiger partial charge in [0.2, 0.25) is 5.91 Å². The normalized spacial score (nSPS) is 13.8. The number of esters is 1. The molecule has 520 valence electrons. The molecule has 0 aliphatic rings. The lowest BCUT2D eigenvalue weighted by atomic mass is 10.0. The zero-order valence-corrected chi connectivity index (χ0v) is 60.6. The van der Waals surface area contributed by atoms with Gasteiger partial charge in [-0.15, -0.1) is 0 Å². The first-order valence-corrected chi connectivity index (χ1v) is 39.8. The van der Waals surface area contributed by atoms with E-state index < -0.39 is 20.0 Å². The number of nitrogens with one attached hydrogen (secondary N) is 1. The van der Waals surface area contributed by atoms with E-state index in [1.807, 2.05) is 33.3 Å². The van der Waals surface area contributed by atoms with E-state index in [4.69, 9.17) is 13.8 Å². The number of likely N-dealkylation sites (N-methyl/N-ethyl adjacent to an activating group) is 1. The summed E-state index contributed by atoms with van der Waals surface area (Å²) < 4.78 is 30.9. The second-order valence-electron chi connectivity index (χ2n) is 27.2. The summed E-state index contributed by atoms with van der Waals surface area (Å²) in [6, 6.07) is -0.853. The third-order valence-electron chi connectivity index (χ3n) is 17.1. The monoisotopic (exact) mass is 1270 g/mol. The van der Waals surface area contributed by atoms with Crippen LogP contribution in [-0.4, -0.2) is 74.3 Å². The molecule has 0 aromatic rings. The summed E-state index contributed by atoms with van der Waals surface area (Å²) in [5.74, 6) is -0.499. The van der Waals surface area contributed by atoms with E-state index in [2.05, 4.69) is 86.8 Å². The van der Waals surface area contributed by atoms with Crippen molar-refractivity contribution in [3.05, 3.63) is 72.9 Å². The molecule has 0 aliphatic heterocycles. The Morgan fingerprint density at radius 1 is 0.393 bits per heavy atom. The van der Waals surface area contributed by atoms with Gasteiger partial charge in [0.05, 0.1) is 33.8 Å². The number of carbonyl (C=O) groups excluding carboxylic acids is 2. The van der Waals surface area contributed by atoms with E-state index in [9.17, 15) is 19.0 Å². The molecule has 0 aromatic carbocycles. The minimum Gasteiger partial charge on any atom is -0.456 e. The van der Waals surface area contributed by atoms with Crippen molar-refractivity contribution in [2.75, 3.05) is 40.9 Å². The van der Waals surface area contributed by atoms with E-state index in [0.29, 0.717) is 17.4 Å². The minimum atomic E-state index is -4.46. The molecule has 0 fully saturated rings. The summed E-state index contributed by atoms with van der Waals surface area (Å²) in [6.07, 6.45) is 90.7. The Morgan fingerprint density at radius 3 is 1.06 bits per heavy atom. The average Bonchev–Trinajstić information content (AvgIpc) is 3.64. The van der Waals surface area contributed by atoms with Crippen LogP contribution in [0.1, 0.15) is 367 Å². The predicted octanol–water partition coefficient (Wildman–Crippen LogP) is 24.7. The number of ether oxygens (including phenoxy) is 1. The third-order valence-corrected chi connectivity index (χ3v) is 18.1. The Labute approximate surface area is 553 Å². The zero-order valence-electron chi connectivity index (χ0n) is 59.7. The van der Waals surface area contributed by atoms with E-state index >= 15 is 0 Å². The number of phosphoric acid groups is 1. The quantitative estimate of drug-likeness (QED) is 0.0205. The molecule has 0 bridgehead atoms. The van der Waals surface area contributed by atoms with Gasteiger partial charge in [-0.05, 0) is 102 Å². The molecule has 0 spiro atoms. The molecule has 1 amide bonds. The molecule has 9 nitrogen and oxygen atoms in total. The van der Waals surface area contributed by atoms with E-state index in [-0.39, 0.29) is 31.5 Å². The van der Waals surface area contributed by atoms with E-state index in [1.165, 1.54) is 250 Å². The Hall–Kier alpha value is -2.55. The molecule has 0 saturated carbocycles. The number of allylic oxidation sites excluding steroid dienone is 11. The van der Waals surface area contributed by atoms with Crippen molar-refractivity contribution in [2.45, 2.75) is 380 Å². The summed E-state index contributed by atoms with van der Waals surface area (Å²) >= 11 is 0. The van der Waals surface area contributed by atoms with Crippen LogP contribution in [-0.2, 0) is 27.9 Å². The van der Waals surface area contributed by atoms with Gasteiger partial charge < -0.3 is 19.4 Å². The highest BCUT2D eigenvalue weighted by Gasteiger charge is 2.30. The van der Waals surface area contributed by atoms with Gasteiger partial charge in [-0.3, -0.25) is 18.6 Å². The van der Waals surface area contributed by atoms with Crippen LogP contribution in [0.15, 0.2) is 72.9 Å². The maximum atomic E-state index is 13.6. The van der Waals surface area contributed by atoms with Gasteiger partial charge in [0, 0.05) is 12.8 Å². The van der Waals surface area contributed by atoms with Crippen molar-refractivity contribution in [3.8, 4) is 0 Å². The molecule has 0 aliphatic carbocycles. The van der Waals surface area contributed by atoms with Crippen LogP contribution in [0.25, 0.3) is 0 Å². The van der Waals surface area contributed by atoms with Crippen LogP contribution in [0.2, 0.25) is 0 Å². The molecule has 2 N–H and O–H groups in total. The highest BCUT2D eigenvalue weighted by atomic mass is 31.2. The van der Waals surface area contributed by atoms with E-state index in [1.54, 1.807) is 0 Å². The first-order chi connectivity index (χ1) is 43.4. The first kappa shape index (κ1) is 86.5. The number of nitrogens with zero attached hydrogens (tertiary/aromatic N) is 1. The van der Waals surface area contributed by atoms with Crippen LogP contribution in [0, 0.1) is 0 Å². The van der Waals surface area contributed by atoms with Crippen LogP contribution < -0.4 is 5.32 Å². The van der Waals surface area contributed by atoms with Gasteiger partial charge in [-0.2, -0.15) is 0 Å². The summed E-state index contributed by atoms with van der Waals surface area (Å²) in [5.41, 5.74) is 0. The fourth-order valence-corrected chi connectivity index (χ4v) is 12.0. The van der Waals surface area contributed by atoms with E-state index in [0.717, 1.165) is 83.5 Å². The van der Waals surface area contributed by atoms with Crippen molar-refractivity contribution in [1.82, 2.24) is 5.32 Å². The second-order valence-corrected chi connectivity index (χ2v) is 28.6. The summed E-state index contributed by atoms with van der Waals surface area (Å²) in [7, 11) is 1.50. The first-order valence-electron chi connectivity index (χ1n) is 38.3. The van der Waals surface area contributed by atoms with Crippen LogP contribution in [0.4, 0.5) is 0 Å². The molecule has 0 aromatic heterocycles. The van der Waals surface area contributed by atoms with Gasteiger partial charge in [0.25, 0.3) is 0 Å². The lowest BCUT2D eigenvalue weighted by Gasteiger charge is -2.27. The summed E-state index contributed by atoms with van der Waals surface area (Å²) in [5, 5.41) is 3.08. The Kier molecular flexibility index (Phi) is 66.4. The molecular weight excluding hydrogens is 1120 g/mol. The second kappa shape index (κ2) is 68.3. The number of hydrogen-bond donors (Lipinski definition) is 2. The molecule has 0 heterocycles. The van der Waals surface area contributed by atoms with Gasteiger partial charge >= 0.3 is 13.8 Å². The molecule has 89 heavy (non-hydrogen) atoms. The third kappa shape index (κ3) is 69.6. The molecule has 0 saturated heterocycles. The van der Waals surface area contributed by atoms with Crippen LogP contribution in [0.3, 0.4) is 0 Å². The summed E-state index contributed by atoms with van der Waals surface area (Å²) in [6.45, 7) is 7.02. The van der Waals surface area contributed by atoms with Crippen LogP contribution >= 0.6 is 7.82 Å². The molecule has 10 heteroatoms. The number of amides is 1. The van der Waals surface area contributed by atoms with Crippen molar-refractivity contribution in [1.29, 1.82) is 0 Å². The number of phosphoric ester groups is 1. The minimum absolute atomic E-state index is 0.0388. The fourth-order valence-electron chi connectivity index (χ4n) is 11.2. The number of unbranched alkanes of at least 4 members (excludes halogenated alkanes) is 44. The highest BCUT2D eigenvalue weighted by Crippen LogP contribution is 2.43. The number of carbonyl (C=O) groups is 2. The smallest absolute Gasteiger partial charge is 0.456 e. The van der Waals surface area contributed by atoms with Crippen molar-refractivity contribution in [3.63, 3.8) is 0 Å². The van der Waals surface area contributed by atoms with Gasteiger partial charge in [-0.25, -0.2) is 4.57 Å². The standard InChI is InChI=1S/C79H147N2O7P/c1-7-10-13-16-19-22-25-27-29-31-33-35-37-39-40-42-43-45-47-49-51-53-56-59-62-65-68-71-78(82)80-76(75-87-89(84,85)86-74-73-81(4,5)6)77(70-67-64-61-58-55-24-21-18-15-12-9-3)88-79(83)72-69-66-63-60-57-54-52-50-48-46-44-41-38-36-34-32-30-28-26-23-20-17-14-11-8-2/h20,23,27-30,34,36,41,44,67,70,76-77H,7-19,21-22,24-26,31-33,35,37-40,42-43,45-66,68-69,71-75H2,1-6H3,(H-,80,82,84,85)/p+1/b23-20-,29-27+,30-28-,36-34-,44-41-,70-67+. The lowest BCUT2D eigenvalue weighted by molar-refractivity contribution is -0.870. The largest absolute Gasteiger partial charge is 0.472 e. The Bertz CT molecular complexity index is 1750. The summed E-state index contributed by atoms with van der Waals surface area (Å²) in [4.78, 5) is 38.0. The molecule has 3 unspecified atom stereocenters. The maximum absolute atomic E-state index is 13.6. The highest BCUT2D eigenvalue weighted by molar-refractivity contribution is 7.47. The topological polar surface area (TPSA) is 111 Å². The number of quaternary nitrogens is 1. The predicted molar refractivity (Wildman–Crippen MR) is 388 cm³/mol. The van der Waals surface area contributed by atoms with Gasteiger partial charge in [-0.1, -0.05) is 325 Å². The van der Waals surface area contributed by atoms with Crippen molar-refractivity contribution >= 4 is 19.7 Å². The Morgan fingerprint density at radius 2 is 0.685 bits per heavy atom.